The number of nitrogens with two attached hydrogens (primary N) is 1. The van der Waals surface area contributed by atoms with Gasteiger partial charge in [0.2, 0.25) is 0 Å². The molecule has 0 unspecified atom stereocenters. The maximum absolute atomic E-state index is 12.1. The summed E-state index contributed by atoms with van der Waals surface area (Å²) in [6, 6.07) is 4.25. The van der Waals surface area contributed by atoms with Gasteiger partial charge in [0.05, 0.1) is 30.0 Å². The summed E-state index contributed by atoms with van der Waals surface area (Å²) in [6.45, 7) is 9.38. The molecule has 7 heteroatoms. The van der Waals surface area contributed by atoms with Crippen LogP contribution in [0.5, 0.6) is 11.5 Å². The number of hydrogen-bond donors (Lipinski definition) is 4. The van der Waals surface area contributed by atoms with Crippen molar-refractivity contribution in [1.29, 1.82) is 0 Å². The van der Waals surface area contributed by atoms with Gasteiger partial charge < -0.3 is 30.7 Å². The lowest BCUT2D eigenvalue weighted by Crippen LogP contribution is -2.41. The van der Waals surface area contributed by atoms with E-state index in [1.165, 1.54) is 18.2 Å². The average molecular weight is 354 g/mol. The standard InChI is InChI=1S/C18H30N2O5/c1-17(2,25-11-9-19)8-10-24-18(3,4)12-20-16(23)13-6-5-7-14(21)15(13)22/h5-7,21-22H,8-12,19H2,1-4H3,(H,20,23). The Morgan fingerprint density at radius 3 is 2.40 bits per heavy atom. The smallest absolute Gasteiger partial charge is 0.255 e. The Labute approximate surface area is 149 Å². The molecule has 0 bridgehead atoms. The van der Waals surface area contributed by atoms with Crippen LogP contribution in [0.3, 0.4) is 0 Å². The van der Waals surface area contributed by atoms with Gasteiger partial charge in [-0.2, -0.15) is 0 Å². The van der Waals surface area contributed by atoms with E-state index in [2.05, 4.69) is 5.32 Å². The van der Waals surface area contributed by atoms with Crippen LogP contribution in [0.1, 0.15) is 44.5 Å². The van der Waals surface area contributed by atoms with Crippen LogP contribution in [0, 0.1) is 0 Å². The van der Waals surface area contributed by atoms with Crippen LogP contribution < -0.4 is 11.1 Å². The molecule has 1 aromatic carbocycles. The molecular formula is C18H30N2O5. The van der Waals surface area contributed by atoms with Gasteiger partial charge in [-0.1, -0.05) is 6.07 Å². The van der Waals surface area contributed by atoms with Crippen LogP contribution >= 0.6 is 0 Å². The summed E-state index contributed by atoms with van der Waals surface area (Å²) in [4.78, 5) is 12.1. The van der Waals surface area contributed by atoms with Crippen molar-refractivity contribution in [2.24, 2.45) is 5.73 Å². The molecule has 0 fully saturated rings. The van der Waals surface area contributed by atoms with Crippen molar-refractivity contribution in [2.45, 2.75) is 45.3 Å². The van der Waals surface area contributed by atoms with Crippen LogP contribution in [-0.4, -0.2) is 53.6 Å². The number of hydrogen-bond acceptors (Lipinski definition) is 6. The first kappa shape index (κ1) is 21.2. The van der Waals surface area contributed by atoms with Crippen molar-refractivity contribution in [3.63, 3.8) is 0 Å². The highest BCUT2D eigenvalue weighted by atomic mass is 16.5. The predicted molar refractivity (Wildman–Crippen MR) is 95.8 cm³/mol. The molecule has 0 heterocycles. The third-order valence-electron chi connectivity index (χ3n) is 3.74. The number of carbonyl (C=O) groups excluding carboxylic acids is 1. The molecule has 5 N–H and O–H groups in total. The minimum Gasteiger partial charge on any atom is -0.504 e. The lowest BCUT2D eigenvalue weighted by molar-refractivity contribution is -0.0688. The largest absolute Gasteiger partial charge is 0.504 e. The Kier molecular flexibility index (Phi) is 7.66. The first-order chi connectivity index (χ1) is 11.6. The van der Waals surface area contributed by atoms with Gasteiger partial charge in [0, 0.05) is 13.1 Å². The van der Waals surface area contributed by atoms with E-state index in [0.29, 0.717) is 26.2 Å². The normalized spacial score (nSPS) is 12.2. The summed E-state index contributed by atoms with van der Waals surface area (Å²) in [5.41, 5.74) is 4.54. The Morgan fingerprint density at radius 1 is 1.12 bits per heavy atom. The Morgan fingerprint density at radius 2 is 1.76 bits per heavy atom. The van der Waals surface area contributed by atoms with Gasteiger partial charge in [-0.3, -0.25) is 4.79 Å². The number of rotatable bonds is 10. The van der Waals surface area contributed by atoms with Crippen LogP contribution in [-0.2, 0) is 9.47 Å². The number of carbonyl (C=O) groups is 1. The molecule has 7 nitrogen and oxygen atoms in total. The van der Waals surface area contributed by atoms with Crippen LogP contribution in [0.4, 0.5) is 0 Å². The number of benzene rings is 1. The van der Waals surface area contributed by atoms with Gasteiger partial charge in [0.25, 0.3) is 5.91 Å². The van der Waals surface area contributed by atoms with Crippen molar-refractivity contribution in [3.05, 3.63) is 23.8 Å². The van der Waals surface area contributed by atoms with Gasteiger partial charge in [-0.05, 0) is 46.2 Å². The molecule has 0 spiro atoms. The van der Waals surface area contributed by atoms with Crippen molar-refractivity contribution < 1.29 is 24.5 Å². The summed E-state index contributed by atoms with van der Waals surface area (Å²) in [5.74, 6) is -1.24. The highest BCUT2D eigenvalue weighted by molar-refractivity contribution is 5.97. The van der Waals surface area contributed by atoms with Crippen molar-refractivity contribution in [3.8, 4) is 11.5 Å². The number of para-hydroxylation sites is 1. The predicted octanol–water partition coefficient (Wildman–Crippen LogP) is 1.77. The highest BCUT2D eigenvalue weighted by Crippen LogP contribution is 2.28. The lowest BCUT2D eigenvalue weighted by atomic mass is 10.1. The number of phenolic OH excluding ortho intramolecular Hbond substituents is 2. The third-order valence-corrected chi connectivity index (χ3v) is 3.74. The van der Waals surface area contributed by atoms with Crippen LogP contribution in [0.2, 0.25) is 0 Å². The molecule has 142 valence electrons. The van der Waals surface area contributed by atoms with Gasteiger partial charge >= 0.3 is 0 Å². The monoisotopic (exact) mass is 354 g/mol. The van der Waals surface area contributed by atoms with E-state index in [-0.39, 0.29) is 23.5 Å². The molecule has 1 rings (SSSR count). The molecular weight excluding hydrogens is 324 g/mol. The number of aromatic hydroxyl groups is 2. The van der Waals surface area contributed by atoms with Gasteiger partial charge in [0.1, 0.15) is 0 Å². The molecule has 0 aliphatic rings. The Hall–Kier alpha value is -1.83. The molecule has 0 aliphatic heterocycles. The molecule has 1 amide bonds. The second-order valence-corrected chi connectivity index (χ2v) is 7.11. The molecule has 0 aliphatic carbocycles. The Balaban J connectivity index is 2.47. The molecule has 0 saturated heterocycles. The summed E-state index contributed by atoms with van der Waals surface area (Å²) < 4.78 is 11.5. The summed E-state index contributed by atoms with van der Waals surface area (Å²) in [5, 5.41) is 21.9. The van der Waals surface area contributed by atoms with Crippen LogP contribution in [0.15, 0.2) is 18.2 Å². The second-order valence-electron chi connectivity index (χ2n) is 7.11. The minimum atomic E-state index is -0.591. The highest BCUT2D eigenvalue weighted by Gasteiger charge is 2.24. The minimum absolute atomic E-state index is 0.0205. The van der Waals surface area contributed by atoms with Crippen LogP contribution in [0.25, 0.3) is 0 Å². The summed E-state index contributed by atoms with van der Waals surface area (Å²) >= 11 is 0. The van der Waals surface area contributed by atoms with E-state index >= 15 is 0 Å². The molecule has 0 radical (unpaired) electrons. The summed E-state index contributed by atoms with van der Waals surface area (Å²) in [7, 11) is 0. The fourth-order valence-corrected chi connectivity index (χ4v) is 2.13. The topological polar surface area (TPSA) is 114 Å². The lowest BCUT2D eigenvalue weighted by Gasteiger charge is -2.30. The molecule has 25 heavy (non-hydrogen) atoms. The maximum Gasteiger partial charge on any atom is 0.255 e. The maximum atomic E-state index is 12.1. The molecule has 0 saturated carbocycles. The fraction of sp³-hybridized carbons (Fsp3) is 0.611. The van der Waals surface area contributed by atoms with Crippen molar-refractivity contribution in [2.75, 3.05) is 26.3 Å². The van der Waals surface area contributed by atoms with Crippen molar-refractivity contribution >= 4 is 5.91 Å². The third kappa shape index (κ3) is 7.29. The van der Waals surface area contributed by atoms with E-state index in [1.54, 1.807) is 0 Å². The molecule has 0 atom stereocenters. The SMILES string of the molecule is CC(C)(CCOC(C)(C)CNC(=O)c1cccc(O)c1O)OCCN. The van der Waals surface area contributed by atoms with Crippen molar-refractivity contribution in [1.82, 2.24) is 5.32 Å². The van der Waals surface area contributed by atoms with Gasteiger partial charge in [-0.15, -0.1) is 0 Å². The fourth-order valence-electron chi connectivity index (χ4n) is 2.13. The van der Waals surface area contributed by atoms with E-state index in [4.69, 9.17) is 15.2 Å². The van der Waals surface area contributed by atoms with Gasteiger partial charge in [-0.25, -0.2) is 0 Å². The van der Waals surface area contributed by atoms with E-state index in [9.17, 15) is 15.0 Å². The number of phenols is 2. The zero-order valence-corrected chi connectivity index (χ0v) is 15.5. The zero-order chi connectivity index (χ0) is 19.1. The van der Waals surface area contributed by atoms with E-state index < -0.39 is 17.3 Å². The van der Waals surface area contributed by atoms with Gasteiger partial charge in [0.15, 0.2) is 11.5 Å². The average Bonchev–Trinajstić information content (AvgIpc) is 2.53. The molecule has 1 aromatic rings. The van der Waals surface area contributed by atoms with E-state index in [1.807, 2.05) is 27.7 Å². The first-order valence-corrected chi connectivity index (χ1v) is 8.35. The Bertz CT molecular complexity index is 573. The molecule has 0 aromatic heterocycles. The zero-order valence-electron chi connectivity index (χ0n) is 15.5. The van der Waals surface area contributed by atoms with E-state index in [0.717, 1.165) is 0 Å². The quantitative estimate of drug-likeness (QED) is 0.476. The summed E-state index contributed by atoms with van der Waals surface area (Å²) in [6.07, 6.45) is 0.692. The number of amides is 1. The number of nitrogens with one attached hydrogen (secondary N) is 1. The number of ether oxygens (including phenoxy) is 2. The first-order valence-electron chi connectivity index (χ1n) is 8.35. The second kappa shape index (κ2) is 9.03.